The molecule has 0 saturated carbocycles. The number of rotatable bonds is 6. The van der Waals surface area contributed by atoms with Crippen molar-refractivity contribution in [2.75, 3.05) is 5.32 Å². The summed E-state index contributed by atoms with van der Waals surface area (Å²) in [6.07, 6.45) is 0. The molecule has 3 N–H and O–H groups in total. The third-order valence-corrected chi connectivity index (χ3v) is 3.56. The summed E-state index contributed by atoms with van der Waals surface area (Å²) in [5.74, 6) is -0.111. The van der Waals surface area contributed by atoms with Crippen molar-refractivity contribution < 1.29 is 14.9 Å². The predicted octanol–water partition coefficient (Wildman–Crippen LogP) is 2.54. The summed E-state index contributed by atoms with van der Waals surface area (Å²) in [5.41, 5.74) is 2.19. The van der Waals surface area contributed by atoms with Crippen molar-refractivity contribution in [1.29, 1.82) is 0 Å². The quantitative estimate of drug-likeness (QED) is 0.805. The van der Waals surface area contributed by atoms with Crippen LogP contribution in [0.3, 0.4) is 0 Å². The van der Waals surface area contributed by atoms with Crippen LogP contribution in [0.25, 0.3) is 0 Å². The molecule has 1 amide bonds. The number of nitrogens with two attached hydrogens (primary N) is 1. The Hall–Kier alpha value is -2.46. The van der Waals surface area contributed by atoms with Gasteiger partial charge in [-0.2, -0.15) is 0 Å². The second-order valence-electron chi connectivity index (χ2n) is 5.95. The fourth-order valence-corrected chi connectivity index (χ4v) is 2.43. The first-order chi connectivity index (χ1) is 11.0. The Kier molecular flexibility index (Phi) is 5.66. The molecule has 0 aromatic heterocycles. The molecule has 0 radical (unpaired) electrons. The molecule has 120 valence electrons. The number of Topliss-reactive ketones (excluding diaryl/α,β-unsaturated/α-hetero) is 1. The minimum atomic E-state index is -0.322. The smallest absolute Gasteiger partial charge is 0.287 e. The highest BCUT2D eigenvalue weighted by atomic mass is 16.2. The van der Waals surface area contributed by atoms with Crippen LogP contribution in [0.4, 0.5) is 5.69 Å². The largest absolute Gasteiger partial charge is 0.330 e. The van der Waals surface area contributed by atoms with Crippen molar-refractivity contribution in [2.45, 2.75) is 32.9 Å². The summed E-state index contributed by atoms with van der Waals surface area (Å²) in [7, 11) is 0. The average molecular weight is 311 g/mol. The van der Waals surface area contributed by atoms with E-state index < -0.39 is 0 Å². The molecule has 0 saturated heterocycles. The van der Waals surface area contributed by atoms with Gasteiger partial charge in [0.05, 0.1) is 6.04 Å². The molecule has 2 aromatic carbocycles. The number of benzene rings is 2. The van der Waals surface area contributed by atoms with E-state index in [1.807, 2.05) is 35.6 Å². The number of hydrogen-bond donors (Lipinski definition) is 2. The minimum absolute atomic E-state index is 0.0190. The van der Waals surface area contributed by atoms with Gasteiger partial charge in [0.1, 0.15) is 0 Å². The number of nitrogens with one attached hydrogen (secondary N) is 1. The lowest BCUT2D eigenvalue weighted by Gasteiger charge is -2.18. The maximum Gasteiger partial charge on any atom is 0.287 e. The molecule has 4 nitrogen and oxygen atoms in total. The van der Waals surface area contributed by atoms with Crippen molar-refractivity contribution in [3.8, 4) is 0 Å². The molecular formula is C19H23N2O2+. The van der Waals surface area contributed by atoms with E-state index >= 15 is 0 Å². The van der Waals surface area contributed by atoms with Crippen LogP contribution in [-0.4, -0.2) is 17.7 Å². The fraction of sp³-hybridized carbons (Fsp3) is 0.263. The third kappa shape index (κ3) is 4.76. The van der Waals surface area contributed by atoms with Gasteiger partial charge in [-0.1, -0.05) is 42.5 Å². The highest BCUT2D eigenvalue weighted by molar-refractivity contribution is 5.98. The minimum Gasteiger partial charge on any atom is -0.330 e. The zero-order valence-corrected chi connectivity index (χ0v) is 13.7. The number of anilines is 1. The van der Waals surface area contributed by atoms with Crippen molar-refractivity contribution in [3.63, 3.8) is 0 Å². The molecule has 4 heteroatoms. The molecule has 0 aliphatic heterocycles. The van der Waals surface area contributed by atoms with Crippen LogP contribution in [0, 0.1) is 0 Å². The van der Waals surface area contributed by atoms with Crippen molar-refractivity contribution >= 4 is 17.4 Å². The zero-order chi connectivity index (χ0) is 16.8. The summed E-state index contributed by atoms with van der Waals surface area (Å²) < 4.78 is 0. The van der Waals surface area contributed by atoms with Crippen LogP contribution in [-0.2, 0) is 4.79 Å². The lowest BCUT2D eigenvalue weighted by Crippen LogP contribution is -2.91. The van der Waals surface area contributed by atoms with Crippen molar-refractivity contribution in [3.05, 3.63) is 65.7 Å². The van der Waals surface area contributed by atoms with Gasteiger partial charge in [-0.25, -0.2) is 0 Å². The standard InChI is InChI=1S/C19H22N2O2/c1-13(2)20-18(15-8-5-4-6-9-15)19(23)21-17-11-7-10-16(12-17)14(3)22/h4-13,18,20H,1-3H3,(H,21,23)/p+1/t18-/m1/s1. The zero-order valence-electron chi connectivity index (χ0n) is 13.7. The Morgan fingerprint density at radius 2 is 1.70 bits per heavy atom. The van der Waals surface area contributed by atoms with Gasteiger partial charge in [0.25, 0.3) is 5.91 Å². The van der Waals surface area contributed by atoms with Crippen molar-refractivity contribution in [1.82, 2.24) is 0 Å². The Morgan fingerprint density at radius 3 is 2.30 bits per heavy atom. The van der Waals surface area contributed by atoms with E-state index in [1.54, 1.807) is 24.3 Å². The van der Waals surface area contributed by atoms with Crippen molar-refractivity contribution in [2.24, 2.45) is 0 Å². The monoisotopic (exact) mass is 311 g/mol. The number of carbonyl (C=O) groups excluding carboxylic acids is 2. The summed E-state index contributed by atoms with van der Waals surface area (Å²) in [5, 5.41) is 4.95. The van der Waals surface area contributed by atoms with Crippen LogP contribution in [0.5, 0.6) is 0 Å². The highest BCUT2D eigenvalue weighted by Gasteiger charge is 2.25. The van der Waals surface area contributed by atoms with E-state index in [0.29, 0.717) is 11.3 Å². The van der Waals surface area contributed by atoms with Crippen LogP contribution in [0.2, 0.25) is 0 Å². The summed E-state index contributed by atoms with van der Waals surface area (Å²) in [4.78, 5) is 24.2. The third-order valence-electron chi connectivity index (χ3n) is 3.56. The molecular weight excluding hydrogens is 288 g/mol. The van der Waals surface area contributed by atoms with Gasteiger partial charge >= 0.3 is 0 Å². The average Bonchev–Trinajstić information content (AvgIpc) is 2.53. The predicted molar refractivity (Wildman–Crippen MR) is 91.3 cm³/mol. The topological polar surface area (TPSA) is 62.8 Å². The Balaban J connectivity index is 2.21. The molecule has 0 spiro atoms. The SMILES string of the molecule is CC(=O)c1cccc(NC(=O)[C@H]([NH2+]C(C)C)c2ccccc2)c1. The highest BCUT2D eigenvalue weighted by Crippen LogP contribution is 2.15. The van der Waals surface area contributed by atoms with E-state index in [4.69, 9.17) is 0 Å². The maximum atomic E-state index is 12.7. The number of hydrogen-bond acceptors (Lipinski definition) is 2. The van der Waals surface area contributed by atoms with E-state index in [-0.39, 0.29) is 23.8 Å². The van der Waals surface area contributed by atoms with Gasteiger partial charge in [0.15, 0.2) is 11.8 Å². The first kappa shape index (κ1) is 16.9. The van der Waals surface area contributed by atoms with E-state index in [9.17, 15) is 9.59 Å². The maximum absolute atomic E-state index is 12.7. The van der Waals surface area contributed by atoms with Gasteiger partial charge < -0.3 is 10.6 Å². The van der Waals surface area contributed by atoms with Crippen LogP contribution >= 0.6 is 0 Å². The fourth-order valence-electron chi connectivity index (χ4n) is 2.43. The number of quaternary nitrogens is 1. The van der Waals surface area contributed by atoms with Crippen LogP contribution < -0.4 is 10.6 Å². The van der Waals surface area contributed by atoms with E-state index in [2.05, 4.69) is 19.2 Å². The molecule has 2 rings (SSSR count). The Labute approximate surface area is 136 Å². The summed E-state index contributed by atoms with van der Waals surface area (Å²) in [6.45, 7) is 5.62. The molecule has 0 aliphatic carbocycles. The lowest BCUT2D eigenvalue weighted by atomic mass is 10.0. The summed E-state index contributed by atoms with van der Waals surface area (Å²) >= 11 is 0. The van der Waals surface area contributed by atoms with Gasteiger partial charge in [-0.05, 0) is 32.9 Å². The molecule has 0 unspecified atom stereocenters. The normalized spacial score (nSPS) is 12.0. The van der Waals surface area contributed by atoms with Crippen LogP contribution in [0.1, 0.15) is 42.7 Å². The molecule has 2 aromatic rings. The second kappa shape index (κ2) is 7.70. The molecule has 1 atom stereocenters. The van der Waals surface area contributed by atoms with Gasteiger partial charge in [0.2, 0.25) is 0 Å². The molecule has 0 heterocycles. The van der Waals surface area contributed by atoms with Gasteiger partial charge in [0, 0.05) is 16.8 Å². The number of carbonyl (C=O) groups is 2. The molecule has 23 heavy (non-hydrogen) atoms. The number of ketones is 1. The first-order valence-electron chi connectivity index (χ1n) is 7.79. The van der Waals surface area contributed by atoms with Gasteiger partial charge in [-0.15, -0.1) is 0 Å². The van der Waals surface area contributed by atoms with Gasteiger partial charge in [-0.3, -0.25) is 9.59 Å². The molecule has 0 fully saturated rings. The van der Waals surface area contributed by atoms with E-state index in [1.165, 1.54) is 6.92 Å². The second-order valence-corrected chi connectivity index (χ2v) is 5.95. The lowest BCUT2D eigenvalue weighted by molar-refractivity contribution is -0.709. The molecule has 0 aliphatic rings. The van der Waals surface area contributed by atoms with Crippen LogP contribution in [0.15, 0.2) is 54.6 Å². The first-order valence-corrected chi connectivity index (χ1v) is 7.79. The van der Waals surface area contributed by atoms with E-state index in [0.717, 1.165) is 5.56 Å². The summed E-state index contributed by atoms with van der Waals surface area (Å²) in [6, 6.07) is 16.7. The Morgan fingerprint density at radius 1 is 1.00 bits per heavy atom. The molecule has 0 bridgehead atoms. The number of amides is 1. The Bertz CT molecular complexity index is 681.